The molecule has 3 aromatic carbocycles. The largest absolute Gasteiger partial charge is 0.457 e. The van der Waals surface area contributed by atoms with Gasteiger partial charge >= 0.3 is 0 Å². The number of nitro groups is 1. The zero-order chi connectivity index (χ0) is 22.0. The van der Waals surface area contributed by atoms with Crippen molar-refractivity contribution in [2.24, 2.45) is 0 Å². The number of nitrogens with one attached hydrogen (secondary N) is 1. The number of anilines is 2. The second kappa shape index (κ2) is 8.52. The number of halogens is 1. The SMILES string of the molecule is N#Cc1cnc2c([N+](=O)[O-])cccc2c1Nc1ccc(Oc2ccc(S)c(Cl)c2)cc1. The van der Waals surface area contributed by atoms with Crippen molar-refractivity contribution < 1.29 is 9.66 Å². The Hall–Kier alpha value is -3.80. The van der Waals surface area contributed by atoms with E-state index in [1.807, 2.05) is 0 Å². The van der Waals surface area contributed by atoms with Gasteiger partial charge in [0.1, 0.15) is 23.1 Å². The van der Waals surface area contributed by atoms with E-state index in [0.717, 1.165) is 0 Å². The Labute approximate surface area is 187 Å². The van der Waals surface area contributed by atoms with Crippen molar-refractivity contribution in [3.05, 3.63) is 87.6 Å². The van der Waals surface area contributed by atoms with Gasteiger partial charge in [0.2, 0.25) is 0 Å². The van der Waals surface area contributed by atoms with Gasteiger partial charge in [-0.2, -0.15) is 5.26 Å². The van der Waals surface area contributed by atoms with Gasteiger partial charge in [-0.1, -0.05) is 23.7 Å². The number of thiol groups is 1. The lowest BCUT2D eigenvalue weighted by molar-refractivity contribution is -0.383. The monoisotopic (exact) mass is 448 g/mol. The molecular formula is C22H13ClN4O3S. The van der Waals surface area contributed by atoms with Gasteiger partial charge < -0.3 is 10.1 Å². The molecule has 31 heavy (non-hydrogen) atoms. The first kappa shape index (κ1) is 20.5. The lowest BCUT2D eigenvalue weighted by Gasteiger charge is -2.12. The number of benzene rings is 3. The van der Waals surface area contributed by atoms with Gasteiger partial charge in [-0.3, -0.25) is 10.1 Å². The van der Waals surface area contributed by atoms with Crippen molar-refractivity contribution in [2.75, 3.05) is 5.32 Å². The number of para-hydroxylation sites is 1. The zero-order valence-electron chi connectivity index (χ0n) is 15.7. The van der Waals surface area contributed by atoms with Crippen LogP contribution in [0.2, 0.25) is 5.02 Å². The Morgan fingerprint density at radius 3 is 2.55 bits per heavy atom. The molecule has 0 saturated heterocycles. The predicted molar refractivity (Wildman–Crippen MR) is 122 cm³/mol. The summed E-state index contributed by atoms with van der Waals surface area (Å²) in [4.78, 5) is 15.6. The van der Waals surface area contributed by atoms with E-state index < -0.39 is 4.92 Å². The number of aromatic nitrogens is 1. The highest BCUT2D eigenvalue weighted by atomic mass is 35.5. The molecule has 0 unspecified atom stereocenters. The van der Waals surface area contributed by atoms with E-state index in [-0.39, 0.29) is 16.8 Å². The summed E-state index contributed by atoms with van der Waals surface area (Å²) in [6, 6.07) is 18.9. The number of ether oxygens (including phenoxy) is 1. The van der Waals surface area contributed by atoms with Crippen LogP contribution in [0.1, 0.15) is 5.56 Å². The second-order valence-electron chi connectivity index (χ2n) is 6.45. The standard InChI is InChI=1S/C22H13ClN4O3S/c23-18-10-16(8-9-20(18)31)30-15-6-4-14(5-7-15)26-21-13(11-24)12-25-22-17(21)2-1-3-19(22)27(28)29/h1-10,12,31H,(H,25,26). The summed E-state index contributed by atoms with van der Waals surface area (Å²) >= 11 is 10.3. The molecule has 0 radical (unpaired) electrons. The summed E-state index contributed by atoms with van der Waals surface area (Å²) in [5.41, 5.74) is 1.47. The summed E-state index contributed by atoms with van der Waals surface area (Å²) in [6.45, 7) is 0. The molecule has 0 aliphatic heterocycles. The van der Waals surface area contributed by atoms with Crippen molar-refractivity contribution >= 4 is 52.2 Å². The summed E-state index contributed by atoms with van der Waals surface area (Å²) in [7, 11) is 0. The maximum atomic E-state index is 11.3. The van der Waals surface area contributed by atoms with Crippen molar-refractivity contribution in [1.82, 2.24) is 4.98 Å². The number of hydrogen-bond acceptors (Lipinski definition) is 7. The lowest BCUT2D eigenvalue weighted by Crippen LogP contribution is -1.99. The van der Waals surface area contributed by atoms with E-state index in [4.69, 9.17) is 16.3 Å². The number of nitriles is 1. The highest BCUT2D eigenvalue weighted by Gasteiger charge is 2.17. The van der Waals surface area contributed by atoms with E-state index in [1.54, 1.807) is 54.6 Å². The Kier molecular flexibility index (Phi) is 5.62. The number of hydrogen-bond donors (Lipinski definition) is 2. The maximum Gasteiger partial charge on any atom is 0.295 e. The fraction of sp³-hybridized carbons (Fsp3) is 0. The molecule has 4 rings (SSSR count). The average molecular weight is 449 g/mol. The Morgan fingerprint density at radius 1 is 1.13 bits per heavy atom. The third-order valence-corrected chi connectivity index (χ3v) is 5.31. The third-order valence-electron chi connectivity index (χ3n) is 4.47. The summed E-state index contributed by atoms with van der Waals surface area (Å²) in [5, 5.41) is 24.9. The fourth-order valence-corrected chi connectivity index (χ4v) is 3.32. The van der Waals surface area contributed by atoms with Crippen LogP contribution in [0.4, 0.5) is 17.1 Å². The number of rotatable bonds is 5. The molecule has 7 nitrogen and oxygen atoms in total. The Balaban J connectivity index is 1.64. The Morgan fingerprint density at radius 2 is 1.87 bits per heavy atom. The van der Waals surface area contributed by atoms with Gasteiger partial charge in [0.15, 0.2) is 0 Å². The number of nitro benzene ring substituents is 1. The second-order valence-corrected chi connectivity index (χ2v) is 7.34. The highest BCUT2D eigenvalue weighted by molar-refractivity contribution is 7.80. The Bertz CT molecular complexity index is 1350. The van der Waals surface area contributed by atoms with Crippen molar-refractivity contribution in [1.29, 1.82) is 5.26 Å². The van der Waals surface area contributed by atoms with Crippen LogP contribution in [0.15, 0.2) is 71.8 Å². The molecule has 0 spiro atoms. The first-order chi connectivity index (χ1) is 15.0. The average Bonchev–Trinajstić information content (AvgIpc) is 2.77. The molecule has 0 saturated carbocycles. The molecule has 1 heterocycles. The van der Waals surface area contributed by atoms with Crippen LogP contribution in [0, 0.1) is 21.4 Å². The van der Waals surface area contributed by atoms with Crippen LogP contribution >= 0.6 is 24.2 Å². The maximum absolute atomic E-state index is 11.3. The molecule has 1 aromatic heterocycles. The van der Waals surface area contributed by atoms with E-state index in [1.165, 1.54) is 12.3 Å². The number of fused-ring (bicyclic) bond motifs is 1. The first-order valence-electron chi connectivity index (χ1n) is 8.96. The van der Waals surface area contributed by atoms with E-state index in [2.05, 4.69) is 29.0 Å². The minimum absolute atomic E-state index is 0.125. The van der Waals surface area contributed by atoms with Crippen molar-refractivity contribution in [2.45, 2.75) is 4.90 Å². The minimum atomic E-state index is -0.496. The number of non-ortho nitro benzene ring substituents is 1. The molecule has 0 aliphatic carbocycles. The quantitative estimate of drug-likeness (QED) is 0.205. The van der Waals surface area contributed by atoms with Gasteiger partial charge in [0.25, 0.3) is 5.69 Å². The molecule has 0 fully saturated rings. The normalized spacial score (nSPS) is 10.5. The summed E-state index contributed by atoms with van der Waals surface area (Å²) in [5.74, 6) is 1.16. The molecule has 9 heteroatoms. The van der Waals surface area contributed by atoms with Crippen LogP contribution < -0.4 is 10.1 Å². The van der Waals surface area contributed by atoms with E-state index in [0.29, 0.717) is 38.2 Å². The predicted octanol–water partition coefficient (Wildman–Crippen LogP) is 6.49. The summed E-state index contributed by atoms with van der Waals surface area (Å²) < 4.78 is 5.79. The highest BCUT2D eigenvalue weighted by Crippen LogP contribution is 2.34. The molecule has 1 N–H and O–H groups in total. The van der Waals surface area contributed by atoms with Gasteiger partial charge in [0.05, 0.1) is 21.2 Å². The van der Waals surface area contributed by atoms with Gasteiger partial charge in [-0.05, 0) is 36.4 Å². The van der Waals surface area contributed by atoms with Gasteiger partial charge in [-0.25, -0.2) is 4.98 Å². The van der Waals surface area contributed by atoms with Crippen LogP contribution in [0.3, 0.4) is 0 Å². The number of pyridine rings is 1. The molecule has 4 aromatic rings. The third kappa shape index (κ3) is 4.23. The van der Waals surface area contributed by atoms with Gasteiger partial charge in [0, 0.05) is 34.3 Å². The van der Waals surface area contributed by atoms with Crippen molar-refractivity contribution in [3.63, 3.8) is 0 Å². The lowest BCUT2D eigenvalue weighted by atomic mass is 10.1. The molecule has 0 bridgehead atoms. The first-order valence-corrected chi connectivity index (χ1v) is 9.78. The molecule has 0 amide bonds. The van der Waals surface area contributed by atoms with E-state index in [9.17, 15) is 15.4 Å². The molecule has 0 atom stereocenters. The van der Waals surface area contributed by atoms with Crippen molar-refractivity contribution in [3.8, 4) is 17.6 Å². The minimum Gasteiger partial charge on any atom is -0.457 e. The smallest absolute Gasteiger partial charge is 0.295 e. The summed E-state index contributed by atoms with van der Waals surface area (Å²) in [6.07, 6.45) is 1.32. The molecular weight excluding hydrogens is 436 g/mol. The van der Waals surface area contributed by atoms with Crippen LogP contribution in [0.5, 0.6) is 11.5 Å². The molecule has 152 valence electrons. The number of nitrogens with zero attached hydrogens (tertiary/aromatic N) is 3. The fourth-order valence-electron chi connectivity index (χ4n) is 3.01. The van der Waals surface area contributed by atoms with Crippen LogP contribution in [-0.4, -0.2) is 9.91 Å². The van der Waals surface area contributed by atoms with Gasteiger partial charge in [-0.15, -0.1) is 12.6 Å². The van der Waals surface area contributed by atoms with E-state index >= 15 is 0 Å². The zero-order valence-corrected chi connectivity index (χ0v) is 17.4. The van der Waals surface area contributed by atoms with Crippen LogP contribution in [0.25, 0.3) is 10.9 Å². The topological polar surface area (TPSA) is 101 Å². The van der Waals surface area contributed by atoms with Crippen LogP contribution in [-0.2, 0) is 0 Å². The molecule has 0 aliphatic rings.